The Morgan fingerprint density at radius 2 is 0.667 bits per heavy atom. The number of carbonyl (C=O) groups excluding carboxylic acids is 1. The largest absolute Gasteiger partial charge is 0.394 e. The van der Waals surface area contributed by atoms with E-state index in [0.717, 1.165) is 38.5 Å². The third kappa shape index (κ3) is 42.4. The van der Waals surface area contributed by atoms with Crippen molar-refractivity contribution in [3.63, 3.8) is 0 Å². The normalized spacial score (nSPS) is 13.9. The van der Waals surface area contributed by atoms with Crippen molar-refractivity contribution in [2.75, 3.05) is 6.61 Å². The number of hydrogen-bond acceptors (Lipinski definition) is 5. The number of aliphatic hydroxyl groups excluding tert-OH is 4. The van der Waals surface area contributed by atoms with Gasteiger partial charge in [0.05, 0.1) is 18.8 Å². The highest BCUT2D eigenvalue weighted by Crippen LogP contribution is 2.18. The van der Waals surface area contributed by atoms with Crippen LogP contribution in [0.5, 0.6) is 0 Å². The summed E-state index contributed by atoms with van der Waals surface area (Å²) in [6.07, 6.45) is 57.5. The van der Waals surface area contributed by atoms with Crippen LogP contribution in [0.1, 0.15) is 296 Å². The molecular weight excluding hydrogens is 743 g/mol. The number of unbranched alkanes of at least 4 members (excludes halogenated alkanes) is 39. The molecule has 358 valence electrons. The van der Waals surface area contributed by atoms with Crippen molar-refractivity contribution in [1.29, 1.82) is 0 Å². The van der Waals surface area contributed by atoms with Crippen molar-refractivity contribution in [3.05, 3.63) is 12.2 Å². The topological polar surface area (TPSA) is 110 Å². The second kappa shape index (κ2) is 49.1. The first-order valence-electron chi connectivity index (χ1n) is 27.1. The van der Waals surface area contributed by atoms with Crippen LogP contribution in [0, 0.1) is 0 Å². The molecule has 1 amide bonds. The summed E-state index contributed by atoms with van der Waals surface area (Å²) in [6.45, 7) is 4.03. The van der Waals surface area contributed by atoms with Crippen LogP contribution in [0.15, 0.2) is 12.2 Å². The molecule has 0 heterocycles. The van der Waals surface area contributed by atoms with Crippen molar-refractivity contribution in [2.45, 2.75) is 321 Å². The van der Waals surface area contributed by atoms with Gasteiger partial charge in [0.15, 0.2) is 0 Å². The van der Waals surface area contributed by atoms with E-state index in [0.29, 0.717) is 12.8 Å². The quantitative estimate of drug-likeness (QED) is 0.0309. The van der Waals surface area contributed by atoms with Crippen LogP contribution in [-0.4, -0.2) is 57.3 Å². The number of aliphatic hydroxyl groups is 4. The van der Waals surface area contributed by atoms with E-state index in [1.807, 2.05) is 0 Å². The highest BCUT2D eigenvalue weighted by atomic mass is 16.3. The Bertz CT molecular complexity index is 867. The average molecular weight is 850 g/mol. The van der Waals surface area contributed by atoms with Crippen LogP contribution in [0.4, 0.5) is 0 Å². The summed E-state index contributed by atoms with van der Waals surface area (Å²) in [7, 11) is 0. The second-order valence-corrected chi connectivity index (χ2v) is 18.9. The van der Waals surface area contributed by atoms with Gasteiger partial charge in [0.25, 0.3) is 0 Å². The maximum atomic E-state index is 12.5. The molecule has 6 nitrogen and oxygen atoms in total. The van der Waals surface area contributed by atoms with Gasteiger partial charge in [0.2, 0.25) is 5.91 Å². The lowest BCUT2D eigenvalue weighted by Gasteiger charge is -2.27. The Morgan fingerprint density at radius 3 is 0.967 bits per heavy atom. The van der Waals surface area contributed by atoms with Gasteiger partial charge >= 0.3 is 0 Å². The zero-order valence-electron chi connectivity index (χ0n) is 40.5. The van der Waals surface area contributed by atoms with E-state index < -0.39 is 36.9 Å². The van der Waals surface area contributed by atoms with Gasteiger partial charge in [0, 0.05) is 0 Å². The van der Waals surface area contributed by atoms with Crippen LogP contribution in [-0.2, 0) is 4.79 Å². The molecule has 0 aliphatic carbocycles. The molecule has 0 aromatic heterocycles. The van der Waals surface area contributed by atoms with Gasteiger partial charge in [-0.3, -0.25) is 4.79 Å². The van der Waals surface area contributed by atoms with E-state index in [2.05, 4.69) is 31.3 Å². The predicted molar refractivity (Wildman–Crippen MR) is 261 cm³/mol. The van der Waals surface area contributed by atoms with Gasteiger partial charge in [-0.1, -0.05) is 270 Å². The van der Waals surface area contributed by atoms with E-state index in [4.69, 9.17) is 0 Å². The summed E-state index contributed by atoms with van der Waals surface area (Å²) in [5, 5.41) is 43.5. The first kappa shape index (κ1) is 59.0. The van der Waals surface area contributed by atoms with Crippen molar-refractivity contribution in [1.82, 2.24) is 5.32 Å². The van der Waals surface area contributed by atoms with Crippen molar-refractivity contribution < 1.29 is 25.2 Å². The van der Waals surface area contributed by atoms with Crippen LogP contribution < -0.4 is 5.32 Å². The van der Waals surface area contributed by atoms with Gasteiger partial charge in [-0.15, -0.1) is 0 Å². The highest BCUT2D eigenvalue weighted by Gasteiger charge is 2.28. The molecule has 0 fully saturated rings. The van der Waals surface area contributed by atoms with Crippen LogP contribution in [0.25, 0.3) is 0 Å². The Balaban J connectivity index is 3.46. The van der Waals surface area contributed by atoms with Crippen molar-refractivity contribution in [2.24, 2.45) is 0 Å². The molecule has 0 saturated carbocycles. The Kier molecular flexibility index (Phi) is 48.3. The maximum Gasteiger partial charge on any atom is 0.249 e. The fraction of sp³-hybridized carbons (Fsp3) is 0.944. The molecule has 60 heavy (non-hydrogen) atoms. The lowest BCUT2D eigenvalue weighted by Crippen LogP contribution is -2.53. The standard InChI is InChI=1S/C54H107NO5/c1-3-5-7-9-11-13-14-15-16-17-18-19-20-21-22-23-24-25-26-27-28-29-30-31-32-33-34-35-36-37-38-39-40-42-44-46-48-52(58)54(60)55-50(49-56)53(59)51(57)47-45-43-41-12-10-8-6-4-2/h25-26,50-53,56-59H,3-24,27-49H2,1-2H3,(H,55,60)/b26-25-. The van der Waals surface area contributed by atoms with Gasteiger partial charge in [0.1, 0.15) is 12.2 Å². The minimum Gasteiger partial charge on any atom is -0.394 e. The third-order valence-electron chi connectivity index (χ3n) is 13.0. The molecule has 0 bridgehead atoms. The SMILES string of the molecule is CCCCCCCCCCCCCCCCCC/C=C\CCCCCCCCCCCCCCCCCCC(O)C(=O)NC(CO)C(O)C(O)CCCCCCCCCC. The fourth-order valence-corrected chi connectivity index (χ4v) is 8.70. The summed E-state index contributed by atoms with van der Waals surface area (Å²) in [6, 6.07) is -0.980. The van der Waals surface area contributed by atoms with Gasteiger partial charge in [-0.05, 0) is 38.5 Å². The number of allylic oxidation sites excluding steroid dienone is 2. The zero-order chi connectivity index (χ0) is 43.8. The molecule has 0 saturated heterocycles. The number of carbonyl (C=O) groups is 1. The van der Waals surface area contributed by atoms with Crippen LogP contribution in [0.3, 0.4) is 0 Å². The number of hydrogen-bond donors (Lipinski definition) is 5. The number of nitrogens with one attached hydrogen (secondary N) is 1. The van der Waals surface area contributed by atoms with Crippen molar-refractivity contribution in [3.8, 4) is 0 Å². The summed E-state index contributed by atoms with van der Waals surface area (Å²) < 4.78 is 0. The molecular formula is C54H107NO5. The van der Waals surface area contributed by atoms with E-state index in [9.17, 15) is 25.2 Å². The fourth-order valence-electron chi connectivity index (χ4n) is 8.70. The summed E-state index contributed by atoms with van der Waals surface area (Å²) in [5.41, 5.74) is 0. The molecule has 0 radical (unpaired) electrons. The number of rotatable bonds is 50. The minimum absolute atomic E-state index is 0.373. The molecule has 4 atom stereocenters. The Morgan fingerprint density at radius 1 is 0.400 bits per heavy atom. The van der Waals surface area contributed by atoms with Crippen LogP contribution >= 0.6 is 0 Å². The molecule has 6 heteroatoms. The average Bonchev–Trinajstić information content (AvgIpc) is 3.25. The van der Waals surface area contributed by atoms with Crippen LogP contribution in [0.2, 0.25) is 0 Å². The zero-order valence-corrected chi connectivity index (χ0v) is 40.5. The molecule has 4 unspecified atom stereocenters. The van der Waals surface area contributed by atoms with Gasteiger partial charge < -0.3 is 25.7 Å². The lowest BCUT2D eigenvalue weighted by molar-refractivity contribution is -0.132. The Labute approximate surface area is 374 Å². The molecule has 0 aromatic rings. The second-order valence-electron chi connectivity index (χ2n) is 18.9. The molecule has 0 spiro atoms. The smallest absolute Gasteiger partial charge is 0.249 e. The molecule has 0 aromatic carbocycles. The predicted octanol–water partition coefficient (Wildman–Crippen LogP) is 15.3. The van der Waals surface area contributed by atoms with Gasteiger partial charge in [-0.2, -0.15) is 0 Å². The van der Waals surface area contributed by atoms with E-state index in [-0.39, 0.29) is 0 Å². The van der Waals surface area contributed by atoms with E-state index in [1.165, 1.54) is 231 Å². The first-order valence-corrected chi connectivity index (χ1v) is 27.1. The molecule has 0 rings (SSSR count). The van der Waals surface area contributed by atoms with Gasteiger partial charge in [-0.25, -0.2) is 0 Å². The minimum atomic E-state index is -1.25. The molecule has 0 aliphatic rings. The molecule has 5 N–H and O–H groups in total. The Hall–Kier alpha value is -0.950. The molecule has 0 aliphatic heterocycles. The monoisotopic (exact) mass is 850 g/mol. The number of amides is 1. The summed E-state index contributed by atoms with van der Waals surface area (Å²) in [5.74, 6) is -0.582. The maximum absolute atomic E-state index is 12.5. The summed E-state index contributed by atoms with van der Waals surface area (Å²) >= 11 is 0. The van der Waals surface area contributed by atoms with E-state index >= 15 is 0 Å². The lowest BCUT2D eigenvalue weighted by atomic mass is 9.99. The van der Waals surface area contributed by atoms with E-state index in [1.54, 1.807) is 0 Å². The highest BCUT2D eigenvalue weighted by molar-refractivity contribution is 5.80. The van der Waals surface area contributed by atoms with Crippen molar-refractivity contribution >= 4 is 5.91 Å². The first-order chi connectivity index (χ1) is 29.5. The third-order valence-corrected chi connectivity index (χ3v) is 13.0. The summed E-state index contributed by atoms with van der Waals surface area (Å²) in [4.78, 5) is 12.5.